The molecule has 0 radical (unpaired) electrons. The zero-order valence-corrected chi connectivity index (χ0v) is 18.1. The van der Waals surface area contributed by atoms with E-state index in [0.717, 1.165) is 0 Å². The van der Waals surface area contributed by atoms with E-state index in [2.05, 4.69) is 16.3 Å². The van der Waals surface area contributed by atoms with Gasteiger partial charge in [0, 0.05) is 35.3 Å². The predicted octanol–water partition coefficient (Wildman–Crippen LogP) is 3.18. The van der Waals surface area contributed by atoms with E-state index >= 15 is 0 Å². The fraction of sp³-hybridized carbons (Fsp3) is 0.476. The molecule has 1 aliphatic heterocycles. The summed E-state index contributed by atoms with van der Waals surface area (Å²) < 4.78 is 43.1. The van der Waals surface area contributed by atoms with Gasteiger partial charge in [0.1, 0.15) is 5.58 Å². The molecule has 4 rings (SSSR count). The van der Waals surface area contributed by atoms with E-state index in [1.54, 1.807) is 29.3 Å². The van der Waals surface area contributed by atoms with E-state index < -0.39 is 41.7 Å². The fourth-order valence-corrected chi connectivity index (χ4v) is 4.19. The third kappa shape index (κ3) is 5.41. The highest BCUT2D eigenvalue weighted by atomic mass is 35.5. The Kier molecular flexibility index (Phi) is 6.53. The zero-order valence-electron chi connectivity index (χ0n) is 17.4. The number of furan rings is 1. The SMILES string of the molecule is O=C(NN1CCC(C(=O)NNC(=O)C2CC(C(F)(F)F)C2)CC1)c1cc2cc(Cl)ccc2o1. The van der Waals surface area contributed by atoms with Crippen LogP contribution in [0.1, 0.15) is 36.2 Å². The number of halogens is 4. The first kappa shape index (κ1) is 23.4. The molecule has 2 fully saturated rings. The topological polar surface area (TPSA) is 104 Å². The van der Waals surface area contributed by atoms with E-state index in [1.165, 1.54) is 0 Å². The van der Waals surface area contributed by atoms with Crippen LogP contribution < -0.4 is 16.3 Å². The number of alkyl halides is 3. The highest BCUT2D eigenvalue weighted by Gasteiger charge is 2.50. The smallest absolute Gasteiger partial charge is 0.391 e. The monoisotopic (exact) mass is 486 g/mol. The van der Waals surface area contributed by atoms with Gasteiger partial charge < -0.3 is 4.42 Å². The molecule has 3 amide bonds. The Labute approximate surface area is 191 Å². The van der Waals surface area contributed by atoms with Gasteiger partial charge in [-0.1, -0.05) is 11.6 Å². The molecule has 1 aliphatic carbocycles. The van der Waals surface area contributed by atoms with Crippen molar-refractivity contribution in [3.8, 4) is 0 Å². The Morgan fingerprint density at radius 2 is 1.64 bits per heavy atom. The van der Waals surface area contributed by atoms with Gasteiger partial charge in [-0.3, -0.25) is 30.7 Å². The second-order valence-corrected chi connectivity index (χ2v) is 8.82. The second kappa shape index (κ2) is 9.22. The fourth-order valence-electron chi connectivity index (χ4n) is 4.00. The minimum Gasteiger partial charge on any atom is -0.451 e. The third-order valence-corrected chi connectivity index (χ3v) is 6.34. The van der Waals surface area contributed by atoms with Gasteiger partial charge in [0.25, 0.3) is 0 Å². The lowest BCUT2D eigenvalue weighted by Gasteiger charge is -2.35. The van der Waals surface area contributed by atoms with Crippen LogP contribution in [0.15, 0.2) is 28.7 Å². The van der Waals surface area contributed by atoms with Crippen molar-refractivity contribution in [3.63, 3.8) is 0 Å². The number of benzene rings is 1. The molecule has 2 aromatic rings. The molecule has 1 saturated carbocycles. The van der Waals surface area contributed by atoms with Gasteiger partial charge in [-0.15, -0.1) is 0 Å². The van der Waals surface area contributed by atoms with Crippen LogP contribution in [0.3, 0.4) is 0 Å². The van der Waals surface area contributed by atoms with Crippen LogP contribution in [0.2, 0.25) is 5.02 Å². The molecular weight excluding hydrogens is 465 g/mol. The summed E-state index contributed by atoms with van der Waals surface area (Å²) in [6.07, 6.45) is -3.96. The van der Waals surface area contributed by atoms with Gasteiger partial charge in [-0.05, 0) is 49.9 Å². The van der Waals surface area contributed by atoms with Crippen molar-refractivity contribution in [3.05, 3.63) is 35.0 Å². The number of amides is 3. The third-order valence-electron chi connectivity index (χ3n) is 6.11. The van der Waals surface area contributed by atoms with Crippen molar-refractivity contribution in [2.45, 2.75) is 31.9 Å². The van der Waals surface area contributed by atoms with Crippen molar-refractivity contribution in [1.29, 1.82) is 0 Å². The van der Waals surface area contributed by atoms with Crippen LogP contribution in [0.25, 0.3) is 11.0 Å². The van der Waals surface area contributed by atoms with Crippen molar-refractivity contribution >= 4 is 40.3 Å². The first-order valence-corrected chi connectivity index (χ1v) is 10.9. The molecule has 2 heterocycles. The minimum absolute atomic E-state index is 0.138. The summed E-state index contributed by atoms with van der Waals surface area (Å²) >= 11 is 5.94. The van der Waals surface area contributed by atoms with E-state index in [9.17, 15) is 27.6 Å². The molecule has 1 aromatic heterocycles. The van der Waals surface area contributed by atoms with Crippen LogP contribution in [-0.2, 0) is 9.59 Å². The number of piperidine rings is 1. The molecule has 8 nitrogen and oxygen atoms in total. The number of hydrogen-bond donors (Lipinski definition) is 3. The van der Waals surface area contributed by atoms with Crippen LogP contribution in [0.4, 0.5) is 13.2 Å². The molecule has 1 aromatic carbocycles. The van der Waals surface area contributed by atoms with Crippen LogP contribution in [0.5, 0.6) is 0 Å². The summed E-state index contributed by atoms with van der Waals surface area (Å²) in [5.74, 6) is -3.90. The summed E-state index contributed by atoms with van der Waals surface area (Å²) in [4.78, 5) is 36.7. The average molecular weight is 487 g/mol. The number of nitrogens with zero attached hydrogens (tertiary/aromatic N) is 1. The van der Waals surface area contributed by atoms with Gasteiger partial charge in [-0.25, -0.2) is 5.01 Å². The van der Waals surface area contributed by atoms with Crippen LogP contribution in [-0.4, -0.2) is 42.0 Å². The molecule has 1 saturated heterocycles. The first-order chi connectivity index (χ1) is 15.6. The number of rotatable bonds is 4. The van der Waals surface area contributed by atoms with Crippen molar-refractivity contribution < 1.29 is 32.0 Å². The van der Waals surface area contributed by atoms with E-state index in [4.69, 9.17) is 16.0 Å². The summed E-state index contributed by atoms with van der Waals surface area (Å²) in [6, 6.07) is 6.63. The lowest BCUT2D eigenvalue weighted by molar-refractivity contribution is -0.204. The van der Waals surface area contributed by atoms with E-state index in [-0.39, 0.29) is 18.6 Å². The van der Waals surface area contributed by atoms with Gasteiger partial charge in [0.2, 0.25) is 11.8 Å². The Morgan fingerprint density at radius 3 is 2.27 bits per heavy atom. The maximum absolute atomic E-state index is 12.5. The number of fused-ring (bicyclic) bond motifs is 1. The van der Waals surface area contributed by atoms with Crippen LogP contribution >= 0.6 is 11.6 Å². The second-order valence-electron chi connectivity index (χ2n) is 8.38. The van der Waals surface area contributed by atoms with Gasteiger partial charge in [-0.2, -0.15) is 13.2 Å². The molecular formula is C21H22ClF3N4O4. The molecule has 33 heavy (non-hydrogen) atoms. The molecule has 178 valence electrons. The van der Waals surface area contributed by atoms with E-state index in [1.807, 2.05) is 0 Å². The van der Waals surface area contributed by atoms with Gasteiger partial charge in [0.15, 0.2) is 5.76 Å². The summed E-state index contributed by atoms with van der Waals surface area (Å²) in [5, 5.41) is 2.92. The molecule has 0 unspecified atom stereocenters. The standard InChI is InChI=1S/C21H22ClF3N4O4/c22-15-1-2-16-12(9-15)10-17(33-16)20(32)28-29-5-3-11(4-6-29)18(30)26-27-19(31)13-7-14(8-13)21(23,24)25/h1-2,9-11,13-14H,3-8H2,(H,26,30)(H,27,31)(H,28,32). The molecule has 0 bridgehead atoms. The summed E-state index contributed by atoms with van der Waals surface area (Å²) in [6.45, 7) is 0.805. The predicted molar refractivity (Wildman–Crippen MR) is 112 cm³/mol. The van der Waals surface area contributed by atoms with Crippen LogP contribution in [0, 0.1) is 17.8 Å². The highest BCUT2D eigenvalue weighted by Crippen LogP contribution is 2.44. The molecule has 12 heteroatoms. The van der Waals surface area contributed by atoms with Gasteiger partial charge in [0.05, 0.1) is 5.92 Å². The molecule has 3 N–H and O–H groups in total. The number of hydrogen-bond acceptors (Lipinski definition) is 5. The number of carbonyl (C=O) groups excluding carboxylic acids is 3. The Balaban J connectivity index is 1.19. The Morgan fingerprint density at radius 1 is 1.00 bits per heavy atom. The lowest BCUT2D eigenvalue weighted by atomic mass is 9.74. The maximum atomic E-state index is 12.5. The Bertz CT molecular complexity index is 1060. The largest absolute Gasteiger partial charge is 0.451 e. The molecule has 0 atom stereocenters. The molecule has 0 spiro atoms. The quantitative estimate of drug-likeness (QED) is 0.576. The van der Waals surface area contributed by atoms with Crippen molar-refractivity contribution in [2.75, 3.05) is 13.1 Å². The first-order valence-electron chi connectivity index (χ1n) is 10.5. The zero-order chi connectivity index (χ0) is 23.8. The van der Waals surface area contributed by atoms with E-state index in [0.29, 0.717) is 41.9 Å². The molecule has 2 aliphatic rings. The summed E-state index contributed by atoms with van der Waals surface area (Å²) in [7, 11) is 0. The minimum atomic E-state index is -4.29. The highest BCUT2D eigenvalue weighted by molar-refractivity contribution is 6.31. The number of nitrogens with one attached hydrogen (secondary N) is 3. The lowest BCUT2D eigenvalue weighted by Crippen LogP contribution is -2.53. The number of carbonyl (C=O) groups is 3. The summed E-state index contributed by atoms with van der Waals surface area (Å²) in [5.41, 5.74) is 7.81. The number of hydrazine groups is 2. The Hall–Kier alpha value is -2.79. The van der Waals surface area contributed by atoms with Crippen molar-refractivity contribution in [2.24, 2.45) is 17.8 Å². The van der Waals surface area contributed by atoms with Gasteiger partial charge >= 0.3 is 12.1 Å². The average Bonchev–Trinajstić information content (AvgIpc) is 3.13. The normalized spacial score (nSPS) is 21.9. The van der Waals surface area contributed by atoms with Crippen molar-refractivity contribution in [1.82, 2.24) is 21.3 Å². The maximum Gasteiger partial charge on any atom is 0.391 e.